The lowest BCUT2D eigenvalue weighted by atomic mass is 10.00. The van der Waals surface area contributed by atoms with Gasteiger partial charge >= 0.3 is 24.1 Å². The van der Waals surface area contributed by atoms with E-state index in [-0.39, 0.29) is 95.6 Å². The molecule has 2 rings (SSSR count). The number of benzene rings is 1. The van der Waals surface area contributed by atoms with Crippen molar-refractivity contribution in [3.63, 3.8) is 0 Å². The van der Waals surface area contributed by atoms with Crippen molar-refractivity contribution < 1.29 is 127 Å². The number of hydrogen-bond donors (Lipinski definition) is 28. The van der Waals surface area contributed by atoms with Gasteiger partial charge in [0.1, 0.15) is 96.4 Å². The molecule has 48 nitrogen and oxygen atoms in total. The number of nitrogens with zero attached hydrogens (tertiary/aromatic N) is 1. The Hall–Kier alpha value is -11.9. The maximum absolute atomic E-state index is 14.5. The summed E-state index contributed by atoms with van der Waals surface area (Å²) in [4.78, 5) is 256. The highest BCUT2D eigenvalue weighted by Crippen LogP contribution is 2.21. The van der Waals surface area contributed by atoms with Crippen LogP contribution in [0.25, 0.3) is 0 Å². The van der Waals surface area contributed by atoms with Crippen molar-refractivity contribution in [2.45, 2.75) is 243 Å². The molecule has 0 saturated carbocycles. The number of aliphatic hydroxyl groups excluding tert-OH is 5. The predicted octanol–water partition coefficient (Wildman–Crippen LogP) is -10.1. The third-order valence-electron chi connectivity index (χ3n) is 19.3. The number of phenols is 1. The third-order valence-corrected chi connectivity index (χ3v) is 19.3. The van der Waals surface area contributed by atoms with Crippen LogP contribution in [-0.4, -0.2) is 309 Å². The number of likely N-dealkylation sites (tertiary alicyclic amines) is 1. The molecule has 1 heterocycles. The molecule has 0 bridgehead atoms. The highest BCUT2D eigenvalue weighted by Gasteiger charge is 2.42. The molecule has 0 aliphatic carbocycles. The summed E-state index contributed by atoms with van der Waals surface area (Å²) in [5.74, 6) is -19.6. The summed E-state index contributed by atoms with van der Waals surface area (Å²) in [6, 6.07) is -22.8. The van der Waals surface area contributed by atoms with E-state index in [4.69, 9.17) is 22.9 Å². The van der Waals surface area contributed by atoms with E-state index in [2.05, 4.69) is 90.4 Å². The number of carbonyl (C=O) groups is 19. The molecule has 123 heavy (non-hydrogen) atoms. The van der Waals surface area contributed by atoms with E-state index in [0.29, 0.717) is 12.0 Å². The van der Waals surface area contributed by atoms with Gasteiger partial charge < -0.3 is 154 Å². The molecule has 0 radical (unpaired) electrons. The standard InChI is InChI=1S/C75H126N22O26/c1-34(2)28-46(63(110)85-43(16-12-24-80-73(77)121)60(107)90-50(32-100)66(113)93-51(33-101)67(114)95-55(37(7)8)71(118)97-27-15-19-52(97)72(119)120)88-59(106)44(17-13-25-81-74(78)122)86-69(116)54(36(5)6)94-57(104)38(9)84-64(111)48(30-98)92-65(112)49(31-99)91-61(108)45(18-14-26-82-75(79)123)87-70(117)56(40(11)102)96-58(105)39(10)83-62(109)47(89-68(115)53(76)35(3)4)29-41-20-22-42(103)23-21-41/h20-23,34-40,43-56,98-103H,12-19,24-33,76H2,1-11H3,(H,83,109)(H,84,111)(H,85,110)(H,86,116)(H,87,117)(H,88,106)(H,89,115)(H,90,107)(H,91,108)(H,92,112)(H,93,113)(H,94,104)(H,95,114)(H,96,105)(H,119,120)(H3,77,80,121)(H3,78,81,122)(H3,79,82,123)/t38-,39-,40+,43-,44-,45-,46-,47-,48-,49-,50-,51-,52-,53-,54-,55-,56-/m0/s1. The van der Waals surface area contributed by atoms with Crippen LogP contribution in [-0.2, 0) is 83.1 Å². The minimum absolute atomic E-state index is 0.0704. The molecule has 48 heteroatoms. The Balaban J connectivity index is 2.36. The Morgan fingerprint density at radius 1 is 0.390 bits per heavy atom. The smallest absolute Gasteiger partial charge is 0.326 e. The van der Waals surface area contributed by atoms with Gasteiger partial charge in [0.2, 0.25) is 88.6 Å². The summed E-state index contributed by atoms with van der Waals surface area (Å²) in [5.41, 5.74) is 22.2. The van der Waals surface area contributed by atoms with Crippen molar-refractivity contribution in [1.29, 1.82) is 0 Å². The molecule has 0 aromatic heterocycles. The fraction of sp³-hybridized carbons (Fsp3) is 0.667. The van der Waals surface area contributed by atoms with E-state index < -0.39 is 260 Å². The van der Waals surface area contributed by atoms with Gasteiger partial charge in [-0.2, -0.15) is 0 Å². The normalized spacial score (nSPS) is 16.4. The van der Waals surface area contributed by atoms with Crippen molar-refractivity contribution in [2.75, 3.05) is 52.6 Å². The second kappa shape index (κ2) is 53.8. The molecule has 1 aliphatic rings. The molecule has 0 unspecified atom stereocenters. The lowest BCUT2D eigenvalue weighted by Gasteiger charge is -2.30. The van der Waals surface area contributed by atoms with Gasteiger partial charge in [0, 0.05) is 32.6 Å². The number of aromatic hydroxyl groups is 1. The van der Waals surface area contributed by atoms with Crippen LogP contribution in [0.1, 0.15) is 140 Å². The molecular formula is C75H126N22O26. The highest BCUT2D eigenvalue weighted by molar-refractivity contribution is 6.01. The fourth-order valence-electron chi connectivity index (χ4n) is 12.1. The van der Waals surface area contributed by atoms with Crippen LogP contribution >= 0.6 is 0 Å². The zero-order chi connectivity index (χ0) is 93.4. The first-order chi connectivity index (χ1) is 57.6. The van der Waals surface area contributed by atoms with Crippen LogP contribution in [0.5, 0.6) is 5.75 Å². The van der Waals surface area contributed by atoms with Gasteiger partial charge in [-0.1, -0.05) is 67.5 Å². The van der Waals surface area contributed by atoms with E-state index >= 15 is 0 Å². The number of amides is 21. The maximum atomic E-state index is 14.5. The van der Waals surface area contributed by atoms with Gasteiger partial charge in [-0.05, 0) is 120 Å². The van der Waals surface area contributed by atoms with E-state index in [0.717, 1.165) is 18.7 Å². The lowest BCUT2D eigenvalue weighted by molar-refractivity contribution is -0.150. The number of nitrogens with one attached hydrogen (secondary N) is 17. The average Bonchev–Trinajstić information content (AvgIpc) is 1.72. The number of aliphatic hydroxyl groups is 5. The monoisotopic (exact) mass is 1750 g/mol. The summed E-state index contributed by atoms with van der Waals surface area (Å²) in [6.45, 7) is 11.1. The zero-order valence-electron chi connectivity index (χ0n) is 70.8. The SMILES string of the molecule is CC(C)C[C@H](NC(=O)[C@H](CCCNC(N)=O)NC(=O)[C@@H](NC(=O)[C@H](C)NC(=O)[C@H](CO)NC(=O)[C@H](CO)NC(=O)[C@H](CCCNC(N)=O)NC(=O)[C@@H](NC(=O)[C@H](C)NC(=O)[C@H](Cc1ccc(O)cc1)NC(=O)[C@@H](N)C(C)C)[C@@H](C)O)C(C)C)C(=O)N[C@@H](CCCNC(N)=O)C(=O)N[C@@H](CO)C(=O)N[C@@H](CO)C(=O)N[C@H](C(=O)N1CCC[C@H]1C(=O)O)C(C)C. The average molecular weight is 1750 g/mol. The first kappa shape index (κ1) is 107. The maximum Gasteiger partial charge on any atom is 0.326 e. The molecule has 0 spiro atoms. The van der Waals surface area contributed by atoms with Crippen molar-refractivity contribution >= 4 is 113 Å². The lowest BCUT2D eigenvalue weighted by Crippen LogP contribution is -2.62. The van der Waals surface area contributed by atoms with Crippen LogP contribution in [0.15, 0.2) is 24.3 Å². The largest absolute Gasteiger partial charge is 0.508 e. The number of carboxylic acid groups (broad SMARTS) is 1. The number of carbonyl (C=O) groups excluding carboxylic acids is 18. The molecule has 17 atom stereocenters. The number of rotatable bonds is 54. The van der Waals surface area contributed by atoms with Crippen molar-refractivity contribution in [1.82, 2.24) is 95.3 Å². The number of primary amides is 3. The fourth-order valence-corrected chi connectivity index (χ4v) is 12.1. The van der Waals surface area contributed by atoms with Gasteiger partial charge in [0.05, 0.1) is 38.6 Å². The summed E-state index contributed by atoms with van der Waals surface area (Å²) in [5, 5.41) is 112. The number of phenolic OH excluding ortho intramolecular Hbond substituents is 1. The predicted molar refractivity (Wildman–Crippen MR) is 435 cm³/mol. The van der Waals surface area contributed by atoms with E-state index in [1.54, 1.807) is 41.5 Å². The number of aliphatic carboxylic acids is 1. The zero-order valence-corrected chi connectivity index (χ0v) is 70.8. The van der Waals surface area contributed by atoms with E-state index in [1.165, 1.54) is 45.0 Å². The summed E-state index contributed by atoms with van der Waals surface area (Å²) in [7, 11) is 0. The van der Waals surface area contributed by atoms with Crippen molar-refractivity contribution in [3.05, 3.63) is 29.8 Å². The van der Waals surface area contributed by atoms with Crippen LogP contribution in [0.4, 0.5) is 14.4 Å². The molecule has 1 fully saturated rings. The Bertz CT molecular complexity index is 3780. The van der Waals surface area contributed by atoms with Crippen LogP contribution in [0.2, 0.25) is 0 Å². The van der Waals surface area contributed by atoms with Crippen molar-refractivity contribution in [3.8, 4) is 5.75 Å². The first-order valence-corrected chi connectivity index (χ1v) is 40.2. The third kappa shape index (κ3) is 37.6. The first-order valence-electron chi connectivity index (χ1n) is 40.2. The second-order valence-corrected chi connectivity index (χ2v) is 31.0. The number of hydrogen-bond acceptors (Lipinski definition) is 26. The molecule has 1 aromatic rings. The van der Waals surface area contributed by atoms with Gasteiger partial charge in [-0.25, -0.2) is 19.2 Å². The molecule has 1 saturated heterocycles. The minimum atomic E-state index is -1.99. The molecule has 32 N–H and O–H groups in total. The highest BCUT2D eigenvalue weighted by atomic mass is 16.4. The number of urea groups is 3. The van der Waals surface area contributed by atoms with Gasteiger partial charge in [0.25, 0.3) is 0 Å². The van der Waals surface area contributed by atoms with Crippen LogP contribution in [0, 0.1) is 23.7 Å². The Kier molecular flexibility index (Phi) is 46.9. The van der Waals surface area contributed by atoms with E-state index in [1.807, 2.05) is 0 Å². The second-order valence-electron chi connectivity index (χ2n) is 31.0. The molecule has 1 aromatic carbocycles. The number of nitrogens with two attached hydrogens (primary N) is 4. The molecule has 692 valence electrons. The summed E-state index contributed by atoms with van der Waals surface area (Å²) >= 11 is 0. The Labute approximate surface area is 710 Å². The van der Waals surface area contributed by atoms with Crippen LogP contribution < -0.4 is 113 Å². The van der Waals surface area contributed by atoms with E-state index in [9.17, 15) is 127 Å². The molecule has 21 amide bonds. The molecule has 1 aliphatic heterocycles. The minimum Gasteiger partial charge on any atom is -0.508 e. The Morgan fingerprint density at radius 3 is 1.07 bits per heavy atom. The van der Waals surface area contributed by atoms with Gasteiger partial charge in [0.15, 0.2) is 0 Å². The Morgan fingerprint density at radius 2 is 0.707 bits per heavy atom. The van der Waals surface area contributed by atoms with Gasteiger partial charge in [-0.3, -0.25) is 71.9 Å². The van der Waals surface area contributed by atoms with Crippen LogP contribution in [0.3, 0.4) is 0 Å². The topological polar surface area (TPSA) is 778 Å². The van der Waals surface area contributed by atoms with Gasteiger partial charge in [-0.15, -0.1) is 0 Å². The number of carboxylic acids is 1. The summed E-state index contributed by atoms with van der Waals surface area (Å²) < 4.78 is 0. The van der Waals surface area contributed by atoms with Crippen molar-refractivity contribution in [2.24, 2.45) is 46.6 Å². The summed E-state index contributed by atoms with van der Waals surface area (Å²) in [6.07, 6.45) is -2.76. The molecular weight excluding hydrogens is 1620 g/mol. The quantitative estimate of drug-likeness (QED) is 0.0269.